The summed E-state index contributed by atoms with van der Waals surface area (Å²) in [5.41, 5.74) is 1.64. The largest absolute Gasteiger partial charge is 0.494 e. The van der Waals surface area contributed by atoms with Crippen LogP contribution >= 0.6 is 0 Å². The third-order valence-corrected chi connectivity index (χ3v) is 3.79. The second-order valence-corrected chi connectivity index (χ2v) is 5.88. The fourth-order valence-corrected chi connectivity index (χ4v) is 2.56. The molecule has 0 bridgehead atoms. The van der Waals surface area contributed by atoms with Crippen molar-refractivity contribution in [1.82, 2.24) is 5.32 Å². The van der Waals surface area contributed by atoms with E-state index in [2.05, 4.69) is 10.3 Å². The molecule has 7 heteroatoms. The number of rotatable bonds is 4. The molecule has 0 saturated carbocycles. The minimum atomic E-state index is -0.612. The van der Waals surface area contributed by atoms with Gasteiger partial charge in [-0.25, -0.2) is 4.99 Å². The van der Waals surface area contributed by atoms with Gasteiger partial charge in [0, 0.05) is 18.4 Å². The third-order valence-electron chi connectivity index (χ3n) is 3.79. The fraction of sp³-hybridized carbons (Fsp3) is 0.143. The van der Waals surface area contributed by atoms with Gasteiger partial charge in [0.2, 0.25) is 11.5 Å². The third kappa shape index (κ3) is 4.24. The molecule has 0 radical (unpaired) electrons. The van der Waals surface area contributed by atoms with E-state index in [0.29, 0.717) is 34.6 Å². The fourth-order valence-electron chi connectivity index (χ4n) is 2.56. The van der Waals surface area contributed by atoms with E-state index < -0.39 is 11.8 Å². The number of hydrogen-bond acceptors (Lipinski definition) is 6. The SMILES string of the molecule is CCOc1ccc2cc(C(=O)NC(C)=O)c(=Nc3ccc(C#N)cc3)oc2c1. The van der Waals surface area contributed by atoms with Gasteiger partial charge in [0.15, 0.2) is 0 Å². The van der Waals surface area contributed by atoms with E-state index in [1.807, 2.05) is 13.0 Å². The first-order valence-electron chi connectivity index (χ1n) is 8.57. The van der Waals surface area contributed by atoms with Crippen molar-refractivity contribution in [2.24, 2.45) is 4.99 Å². The van der Waals surface area contributed by atoms with Crippen molar-refractivity contribution in [2.75, 3.05) is 6.61 Å². The molecule has 3 aromatic rings. The molecule has 1 aromatic heterocycles. The van der Waals surface area contributed by atoms with Crippen LogP contribution in [0.4, 0.5) is 5.69 Å². The van der Waals surface area contributed by atoms with Gasteiger partial charge in [-0.2, -0.15) is 5.26 Å². The average molecular weight is 375 g/mol. The van der Waals surface area contributed by atoms with Gasteiger partial charge in [-0.05, 0) is 49.4 Å². The van der Waals surface area contributed by atoms with E-state index in [4.69, 9.17) is 14.4 Å². The highest BCUT2D eigenvalue weighted by atomic mass is 16.5. The molecule has 7 nitrogen and oxygen atoms in total. The van der Waals surface area contributed by atoms with Crippen molar-refractivity contribution in [1.29, 1.82) is 5.26 Å². The van der Waals surface area contributed by atoms with E-state index in [-0.39, 0.29) is 11.1 Å². The van der Waals surface area contributed by atoms with Gasteiger partial charge < -0.3 is 9.15 Å². The molecule has 2 aromatic carbocycles. The minimum Gasteiger partial charge on any atom is -0.494 e. The van der Waals surface area contributed by atoms with Crippen LogP contribution in [0, 0.1) is 11.3 Å². The number of nitrogens with zero attached hydrogens (tertiary/aromatic N) is 2. The van der Waals surface area contributed by atoms with Crippen molar-refractivity contribution < 1.29 is 18.7 Å². The van der Waals surface area contributed by atoms with E-state index in [1.165, 1.54) is 6.92 Å². The molecule has 0 aliphatic heterocycles. The topological polar surface area (TPSA) is 105 Å². The number of carbonyl (C=O) groups is 2. The number of fused-ring (bicyclic) bond motifs is 1. The first-order chi connectivity index (χ1) is 13.5. The maximum Gasteiger partial charge on any atom is 0.263 e. The summed E-state index contributed by atoms with van der Waals surface area (Å²) in [4.78, 5) is 28.1. The lowest BCUT2D eigenvalue weighted by atomic mass is 10.1. The van der Waals surface area contributed by atoms with Crippen molar-refractivity contribution >= 4 is 28.5 Å². The number of nitrogens with one attached hydrogen (secondary N) is 1. The highest BCUT2D eigenvalue weighted by Gasteiger charge is 2.14. The molecule has 0 aliphatic carbocycles. The van der Waals surface area contributed by atoms with Crippen LogP contribution in [0.1, 0.15) is 29.8 Å². The smallest absolute Gasteiger partial charge is 0.263 e. The summed E-state index contributed by atoms with van der Waals surface area (Å²) >= 11 is 0. The first kappa shape index (κ1) is 18.9. The monoisotopic (exact) mass is 375 g/mol. The lowest BCUT2D eigenvalue weighted by Crippen LogP contribution is -2.32. The molecule has 0 fully saturated rings. The van der Waals surface area contributed by atoms with Gasteiger partial charge in [-0.1, -0.05) is 0 Å². The maximum atomic E-state index is 12.5. The molecule has 140 valence electrons. The van der Waals surface area contributed by atoms with Crippen LogP contribution < -0.4 is 15.6 Å². The van der Waals surface area contributed by atoms with Crippen molar-refractivity contribution in [3.63, 3.8) is 0 Å². The standard InChI is InChI=1S/C21H17N3O4/c1-3-27-17-9-6-15-10-18(20(26)23-13(2)25)21(28-19(15)11-17)24-16-7-4-14(12-22)5-8-16/h4-11H,3H2,1-2H3,(H,23,25,26). The van der Waals surface area contributed by atoms with E-state index >= 15 is 0 Å². The Bertz CT molecular complexity index is 1150. The van der Waals surface area contributed by atoms with Gasteiger partial charge in [0.25, 0.3) is 5.91 Å². The van der Waals surface area contributed by atoms with Crippen molar-refractivity contribution in [2.45, 2.75) is 13.8 Å². The van der Waals surface area contributed by atoms with Gasteiger partial charge in [-0.3, -0.25) is 14.9 Å². The van der Waals surface area contributed by atoms with Crippen LogP contribution in [0.15, 0.2) is 57.9 Å². The molecule has 0 saturated heterocycles. The molecular weight excluding hydrogens is 358 g/mol. The zero-order chi connectivity index (χ0) is 20.1. The molecule has 0 unspecified atom stereocenters. The Morgan fingerprint density at radius 1 is 1.18 bits per heavy atom. The molecule has 28 heavy (non-hydrogen) atoms. The molecule has 1 N–H and O–H groups in total. The van der Waals surface area contributed by atoms with Crippen LogP contribution in [0.25, 0.3) is 11.0 Å². The van der Waals surface area contributed by atoms with E-state index in [1.54, 1.807) is 48.5 Å². The van der Waals surface area contributed by atoms with Crippen LogP contribution in [-0.2, 0) is 4.79 Å². The molecule has 0 spiro atoms. The Morgan fingerprint density at radius 2 is 1.93 bits per heavy atom. The number of benzene rings is 2. The predicted octanol–water partition coefficient (Wildman–Crippen LogP) is 3.21. The number of hydrogen-bond donors (Lipinski definition) is 1. The molecule has 0 aliphatic rings. The maximum absolute atomic E-state index is 12.5. The lowest BCUT2D eigenvalue weighted by Gasteiger charge is -2.07. The minimum absolute atomic E-state index is 0.0459. The number of ether oxygens (including phenoxy) is 1. The highest BCUT2D eigenvalue weighted by Crippen LogP contribution is 2.21. The lowest BCUT2D eigenvalue weighted by molar-refractivity contribution is -0.118. The zero-order valence-electron chi connectivity index (χ0n) is 15.4. The Labute approximate surface area is 160 Å². The Balaban J connectivity index is 2.19. The van der Waals surface area contributed by atoms with E-state index in [0.717, 1.165) is 0 Å². The quantitative estimate of drug-likeness (QED) is 0.754. The highest BCUT2D eigenvalue weighted by molar-refractivity contribution is 6.05. The van der Waals surface area contributed by atoms with Gasteiger partial charge >= 0.3 is 0 Å². The van der Waals surface area contributed by atoms with Crippen molar-refractivity contribution in [3.8, 4) is 11.8 Å². The van der Waals surface area contributed by atoms with Crippen LogP contribution in [0.5, 0.6) is 5.75 Å². The Kier molecular flexibility index (Phi) is 5.51. The average Bonchev–Trinajstić information content (AvgIpc) is 2.67. The van der Waals surface area contributed by atoms with Gasteiger partial charge in [0.1, 0.15) is 16.9 Å². The first-order valence-corrected chi connectivity index (χ1v) is 8.57. The number of imide groups is 1. The molecule has 3 rings (SSSR count). The Hall–Kier alpha value is -3.92. The van der Waals surface area contributed by atoms with Crippen LogP contribution in [-0.4, -0.2) is 18.4 Å². The second kappa shape index (κ2) is 8.18. The molecule has 1 heterocycles. The van der Waals surface area contributed by atoms with Gasteiger partial charge in [-0.15, -0.1) is 0 Å². The number of nitriles is 1. The summed E-state index contributed by atoms with van der Waals surface area (Å²) in [7, 11) is 0. The normalized spacial score (nSPS) is 11.1. The second-order valence-electron chi connectivity index (χ2n) is 5.88. The number of carbonyl (C=O) groups excluding carboxylic acids is 2. The summed E-state index contributed by atoms with van der Waals surface area (Å²) < 4.78 is 11.3. The molecule has 0 atom stereocenters. The van der Waals surface area contributed by atoms with Crippen LogP contribution in [0.2, 0.25) is 0 Å². The summed E-state index contributed by atoms with van der Waals surface area (Å²) in [6, 6.07) is 15.4. The molecular formula is C21H17N3O4. The summed E-state index contributed by atoms with van der Waals surface area (Å²) in [6.07, 6.45) is 0. The van der Waals surface area contributed by atoms with Crippen LogP contribution in [0.3, 0.4) is 0 Å². The zero-order valence-corrected chi connectivity index (χ0v) is 15.4. The summed E-state index contributed by atoms with van der Waals surface area (Å²) in [5, 5.41) is 11.8. The van der Waals surface area contributed by atoms with Crippen molar-refractivity contribution in [3.05, 3.63) is 65.2 Å². The van der Waals surface area contributed by atoms with E-state index in [9.17, 15) is 9.59 Å². The predicted molar refractivity (Wildman–Crippen MR) is 102 cm³/mol. The molecule has 2 amide bonds. The summed E-state index contributed by atoms with van der Waals surface area (Å²) in [6.45, 7) is 3.64. The van der Waals surface area contributed by atoms with Gasteiger partial charge in [0.05, 0.1) is 23.9 Å². The summed E-state index contributed by atoms with van der Waals surface area (Å²) in [5.74, 6) is -0.468. The Morgan fingerprint density at radius 3 is 2.57 bits per heavy atom. The number of amides is 2.